The summed E-state index contributed by atoms with van der Waals surface area (Å²) < 4.78 is 5.36. The van der Waals surface area contributed by atoms with Crippen molar-refractivity contribution < 1.29 is 19.7 Å². The van der Waals surface area contributed by atoms with Crippen molar-refractivity contribution in [3.8, 4) is 0 Å². The summed E-state index contributed by atoms with van der Waals surface area (Å²) in [4.78, 5) is 16.2. The van der Waals surface area contributed by atoms with Crippen LogP contribution in [0.1, 0.15) is 32.6 Å². The fraction of sp³-hybridized carbons (Fsp3) is 0.533. The van der Waals surface area contributed by atoms with Crippen LogP contribution in [-0.4, -0.2) is 23.4 Å². The van der Waals surface area contributed by atoms with Crippen LogP contribution in [0.3, 0.4) is 0 Å². The number of fused-ring (bicyclic) bond motifs is 1. The molecular formula is C15H20O4. The minimum atomic E-state index is -0.467. The molecule has 0 aromatic heterocycles. The highest BCUT2D eigenvalue weighted by Crippen LogP contribution is 2.36. The minimum Gasteiger partial charge on any atom is -0.458 e. The Kier molecular flexibility index (Phi) is 4.22. The Hall–Kier alpha value is -1.39. The molecule has 0 radical (unpaired) electrons. The van der Waals surface area contributed by atoms with Crippen LogP contribution in [0.25, 0.3) is 0 Å². The first kappa shape index (κ1) is 14.0. The van der Waals surface area contributed by atoms with Crippen LogP contribution >= 0.6 is 0 Å². The van der Waals surface area contributed by atoms with Crippen LogP contribution in [0.4, 0.5) is 0 Å². The van der Waals surface area contributed by atoms with Crippen LogP contribution in [-0.2, 0) is 14.4 Å². The maximum atomic E-state index is 11.7. The second-order valence-corrected chi connectivity index (χ2v) is 5.36. The van der Waals surface area contributed by atoms with Crippen LogP contribution in [0.2, 0.25) is 0 Å². The molecular weight excluding hydrogens is 244 g/mol. The Morgan fingerprint density at radius 2 is 2.21 bits per heavy atom. The molecule has 1 aliphatic carbocycles. The monoisotopic (exact) mass is 264 g/mol. The summed E-state index contributed by atoms with van der Waals surface area (Å²) in [5.74, 6) is -0.466. The molecule has 4 nitrogen and oxygen atoms in total. The molecule has 0 aromatic carbocycles. The van der Waals surface area contributed by atoms with Gasteiger partial charge in [-0.3, -0.25) is 5.26 Å². The molecule has 0 aromatic rings. The molecule has 0 saturated carbocycles. The second-order valence-electron chi connectivity index (χ2n) is 5.36. The summed E-state index contributed by atoms with van der Waals surface area (Å²) in [6, 6.07) is 0. The van der Waals surface area contributed by atoms with Crippen molar-refractivity contribution in [3.63, 3.8) is 0 Å². The number of hydrogen-bond donors (Lipinski definition) is 1. The summed E-state index contributed by atoms with van der Waals surface area (Å²) in [7, 11) is 0. The van der Waals surface area contributed by atoms with E-state index < -0.39 is 6.10 Å². The zero-order valence-electron chi connectivity index (χ0n) is 11.2. The van der Waals surface area contributed by atoms with Crippen molar-refractivity contribution in [1.29, 1.82) is 0 Å². The van der Waals surface area contributed by atoms with Crippen molar-refractivity contribution in [2.24, 2.45) is 5.92 Å². The van der Waals surface area contributed by atoms with E-state index in [4.69, 9.17) is 9.99 Å². The third-order valence-electron chi connectivity index (χ3n) is 3.95. The maximum Gasteiger partial charge on any atom is 0.334 e. The SMILES string of the molecule is C=C1CCC=C(C)CC2OC(=O)C(=C)C2CC1OO. The molecule has 3 unspecified atom stereocenters. The van der Waals surface area contributed by atoms with E-state index in [0.29, 0.717) is 18.4 Å². The number of carbonyl (C=O) groups excluding carboxylic acids is 1. The van der Waals surface area contributed by atoms with Gasteiger partial charge in [0.15, 0.2) is 0 Å². The van der Waals surface area contributed by atoms with Crippen molar-refractivity contribution in [2.45, 2.75) is 44.8 Å². The number of carbonyl (C=O) groups is 1. The average Bonchev–Trinajstić information content (AvgIpc) is 2.62. The Bertz CT molecular complexity index is 435. The lowest BCUT2D eigenvalue weighted by Crippen LogP contribution is -2.25. The van der Waals surface area contributed by atoms with E-state index in [9.17, 15) is 4.79 Å². The summed E-state index contributed by atoms with van der Waals surface area (Å²) in [5.41, 5.74) is 2.50. The topological polar surface area (TPSA) is 55.8 Å². The lowest BCUT2D eigenvalue weighted by atomic mass is 9.84. The minimum absolute atomic E-state index is 0.122. The van der Waals surface area contributed by atoms with Gasteiger partial charge in [-0.15, -0.1) is 0 Å². The van der Waals surface area contributed by atoms with Crippen molar-refractivity contribution in [1.82, 2.24) is 0 Å². The number of esters is 1. The van der Waals surface area contributed by atoms with Gasteiger partial charge in [-0.2, -0.15) is 0 Å². The van der Waals surface area contributed by atoms with Gasteiger partial charge in [0.1, 0.15) is 12.2 Å². The molecule has 1 heterocycles. The van der Waals surface area contributed by atoms with E-state index in [1.54, 1.807) is 0 Å². The van der Waals surface area contributed by atoms with Crippen LogP contribution in [0, 0.1) is 5.92 Å². The average molecular weight is 264 g/mol. The van der Waals surface area contributed by atoms with Gasteiger partial charge in [0, 0.05) is 17.9 Å². The van der Waals surface area contributed by atoms with Gasteiger partial charge in [0.05, 0.1) is 0 Å². The lowest BCUT2D eigenvalue weighted by molar-refractivity contribution is -0.272. The van der Waals surface area contributed by atoms with E-state index in [0.717, 1.165) is 18.4 Å². The molecule has 3 atom stereocenters. The summed E-state index contributed by atoms with van der Waals surface area (Å²) in [5, 5.41) is 9.03. The number of hydrogen-bond acceptors (Lipinski definition) is 4. The summed E-state index contributed by atoms with van der Waals surface area (Å²) in [6.07, 6.45) is 4.26. The molecule has 19 heavy (non-hydrogen) atoms. The van der Waals surface area contributed by atoms with E-state index in [2.05, 4.69) is 24.1 Å². The molecule has 104 valence electrons. The van der Waals surface area contributed by atoms with E-state index >= 15 is 0 Å². The van der Waals surface area contributed by atoms with Gasteiger partial charge in [-0.1, -0.05) is 24.8 Å². The highest BCUT2D eigenvalue weighted by atomic mass is 17.1. The highest BCUT2D eigenvalue weighted by Gasteiger charge is 2.40. The van der Waals surface area contributed by atoms with Gasteiger partial charge in [-0.25, -0.2) is 9.68 Å². The molecule has 1 fully saturated rings. The molecule has 1 N–H and O–H groups in total. The van der Waals surface area contributed by atoms with E-state index in [-0.39, 0.29) is 18.0 Å². The quantitative estimate of drug-likeness (QED) is 0.260. The Morgan fingerprint density at radius 3 is 2.89 bits per heavy atom. The third-order valence-corrected chi connectivity index (χ3v) is 3.95. The second kappa shape index (κ2) is 5.72. The van der Waals surface area contributed by atoms with Gasteiger partial charge in [0.2, 0.25) is 0 Å². The van der Waals surface area contributed by atoms with Gasteiger partial charge < -0.3 is 4.74 Å². The number of ether oxygens (including phenoxy) is 1. The predicted octanol–water partition coefficient (Wildman–Crippen LogP) is 3.02. The van der Waals surface area contributed by atoms with E-state index in [1.165, 1.54) is 5.57 Å². The fourth-order valence-electron chi connectivity index (χ4n) is 2.73. The van der Waals surface area contributed by atoms with Crippen molar-refractivity contribution >= 4 is 5.97 Å². The van der Waals surface area contributed by atoms with E-state index in [1.807, 2.05) is 6.92 Å². The third kappa shape index (κ3) is 2.96. The first-order valence-corrected chi connectivity index (χ1v) is 6.56. The molecule has 1 aliphatic heterocycles. The highest BCUT2D eigenvalue weighted by molar-refractivity contribution is 5.90. The maximum absolute atomic E-state index is 11.7. The van der Waals surface area contributed by atoms with Gasteiger partial charge >= 0.3 is 5.97 Å². The smallest absolute Gasteiger partial charge is 0.334 e. The molecule has 4 heteroatoms. The molecule has 1 saturated heterocycles. The first-order valence-electron chi connectivity index (χ1n) is 6.56. The van der Waals surface area contributed by atoms with Gasteiger partial charge in [-0.05, 0) is 31.8 Å². The molecule has 0 amide bonds. The van der Waals surface area contributed by atoms with Crippen molar-refractivity contribution in [2.75, 3.05) is 0 Å². The predicted molar refractivity (Wildman–Crippen MR) is 71.4 cm³/mol. The van der Waals surface area contributed by atoms with Crippen LogP contribution < -0.4 is 0 Å². The zero-order valence-corrected chi connectivity index (χ0v) is 11.2. The molecule has 2 aliphatic rings. The number of allylic oxidation sites excluding steroid dienone is 1. The Labute approximate surface area is 113 Å². The summed E-state index contributed by atoms with van der Waals surface area (Å²) in [6.45, 7) is 9.80. The molecule has 0 bridgehead atoms. The van der Waals surface area contributed by atoms with Crippen molar-refractivity contribution in [3.05, 3.63) is 36.0 Å². The van der Waals surface area contributed by atoms with Gasteiger partial charge in [0.25, 0.3) is 0 Å². The molecule has 0 spiro atoms. The largest absolute Gasteiger partial charge is 0.458 e. The lowest BCUT2D eigenvalue weighted by Gasteiger charge is -2.24. The standard InChI is InChI=1S/C15H20O4/c1-9-5-4-6-10(2)13(19-17)8-12-11(3)15(16)18-14(12)7-9/h5,12-14,17H,2-4,6-8H2,1H3. The number of rotatable bonds is 1. The summed E-state index contributed by atoms with van der Waals surface area (Å²) >= 11 is 0. The molecule has 2 rings (SSSR count). The van der Waals surface area contributed by atoms with Crippen LogP contribution in [0.5, 0.6) is 0 Å². The Morgan fingerprint density at radius 1 is 1.47 bits per heavy atom. The first-order chi connectivity index (χ1) is 9.02. The normalized spacial score (nSPS) is 32.6. The zero-order chi connectivity index (χ0) is 14.0. The fourth-order valence-corrected chi connectivity index (χ4v) is 2.73. The Balaban J connectivity index is 2.26. The van der Waals surface area contributed by atoms with Crippen LogP contribution in [0.15, 0.2) is 36.0 Å².